The molecule has 0 aliphatic carbocycles. The van der Waals surface area contributed by atoms with E-state index in [2.05, 4.69) is 20.6 Å². The fourth-order valence-corrected chi connectivity index (χ4v) is 2.50. The van der Waals surface area contributed by atoms with Crippen LogP contribution in [0.3, 0.4) is 0 Å². The van der Waals surface area contributed by atoms with E-state index in [0.29, 0.717) is 22.8 Å². The monoisotopic (exact) mass is 435 g/mol. The zero-order valence-electron chi connectivity index (χ0n) is 16.6. The van der Waals surface area contributed by atoms with Crippen molar-refractivity contribution in [3.8, 4) is 5.75 Å². The number of alkyl halides is 3. The topological polar surface area (TPSA) is 94.7 Å². The SMILES string of the molecule is C/C(=N\OCc1ccc(C(F)(F)F)cc1)c1ccc(OCc2nnn(CCO)n2)cc1. The molecule has 0 aliphatic heterocycles. The predicted octanol–water partition coefficient (Wildman–Crippen LogP) is 3.20. The second-order valence-corrected chi connectivity index (χ2v) is 6.48. The minimum atomic E-state index is -4.36. The lowest BCUT2D eigenvalue weighted by Gasteiger charge is -2.08. The molecule has 3 aromatic rings. The summed E-state index contributed by atoms with van der Waals surface area (Å²) < 4.78 is 43.3. The van der Waals surface area contributed by atoms with E-state index in [-0.39, 0.29) is 26.4 Å². The fourth-order valence-electron chi connectivity index (χ4n) is 2.50. The zero-order valence-corrected chi connectivity index (χ0v) is 16.6. The van der Waals surface area contributed by atoms with Crippen LogP contribution in [0.1, 0.15) is 29.4 Å². The van der Waals surface area contributed by atoms with Crippen molar-refractivity contribution in [3.05, 3.63) is 71.0 Å². The minimum absolute atomic E-state index is 0.0562. The van der Waals surface area contributed by atoms with Gasteiger partial charge in [-0.25, -0.2) is 0 Å². The summed E-state index contributed by atoms with van der Waals surface area (Å²) in [5.74, 6) is 0.993. The van der Waals surface area contributed by atoms with Gasteiger partial charge in [0.15, 0.2) is 6.61 Å². The third-order valence-corrected chi connectivity index (χ3v) is 4.15. The Kier molecular flexibility index (Phi) is 7.19. The molecule has 0 atom stereocenters. The van der Waals surface area contributed by atoms with E-state index >= 15 is 0 Å². The van der Waals surface area contributed by atoms with Gasteiger partial charge in [0.2, 0.25) is 5.82 Å². The summed E-state index contributed by atoms with van der Waals surface area (Å²) in [6, 6.07) is 11.8. The van der Waals surface area contributed by atoms with E-state index in [1.54, 1.807) is 31.2 Å². The van der Waals surface area contributed by atoms with Gasteiger partial charge in [-0.1, -0.05) is 17.3 Å². The number of tetrazole rings is 1. The van der Waals surface area contributed by atoms with Crippen molar-refractivity contribution in [1.82, 2.24) is 20.2 Å². The normalized spacial score (nSPS) is 12.1. The molecule has 8 nitrogen and oxygen atoms in total. The number of aliphatic hydroxyl groups excluding tert-OH is 1. The van der Waals surface area contributed by atoms with Crippen molar-refractivity contribution in [3.63, 3.8) is 0 Å². The molecule has 1 heterocycles. The Hall–Kier alpha value is -3.47. The number of rotatable bonds is 9. The molecular weight excluding hydrogens is 415 g/mol. The van der Waals surface area contributed by atoms with Gasteiger partial charge in [0.1, 0.15) is 12.4 Å². The summed E-state index contributed by atoms with van der Waals surface area (Å²) in [7, 11) is 0. The molecule has 1 N–H and O–H groups in total. The summed E-state index contributed by atoms with van der Waals surface area (Å²) in [4.78, 5) is 6.54. The maximum Gasteiger partial charge on any atom is 0.416 e. The van der Waals surface area contributed by atoms with Crippen molar-refractivity contribution in [2.24, 2.45) is 5.16 Å². The molecule has 0 fully saturated rings. The van der Waals surface area contributed by atoms with Gasteiger partial charge in [-0.05, 0) is 59.7 Å². The standard InChI is InChI=1S/C20H20F3N5O3/c1-14(26-31-12-15-2-6-17(7-3-15)20(21,22)23)16-4-8-18(9-5-16)30-13-19-24-27-28(25-19)10-11-29/h2-9,29H,10-13H2,1H3/b26-14+. The van der Waals surface area contributed by atoms with Gasteiger partial charge >= 0.3 is 6.18 Å². The Morgan fingerprint density at radius 1 is 1.06 bits per heavy atom. The van der Waals surface area contributed by atoms with Crippen LogP contribution < -0.4 is 4.74 Å². The number of ether oxygens (including phenoxy) is 1. The molecule has 0 bridgehead atoms. The first kappa shape index (κ1) is 22.2. The number of aliphatic hydroxyl groups is 1. The van der Waals surface area contributed by atoms with Crippen LogP contribution in [0.25, 0.3) is 0 Å². The van der Waals surface area contributed by atoms with Crippen molar-refractivity contribution < 1.29 is 27.9 Å². The summed E-state index contributed by atoms with van der Waals surface area (Å²) in [5.41, 5.74) is 1.28. The molecule has 0 spiro atoms. The summed E-state index contributed by atoms with van der Waals surface area (Å²) in [5, 5.41) is 24.5. The quantitative estimate of drug-likeness (QED) is 0.410. The summed E-state index contributed by atoms with van der Waals surface area (Å²) in [6.07, 6.45) is -4.36. The smallest absolute Gasteiger partial charge is 0.416 e. The average Bonchev–Trinajstić information content (AvgIpc) is 3.20. The van der Waals surface area contributed by atoms with Crippen LogP contribution in [-0.4, -0.2) is 37.6 Å². The number of benzene rings is 2. The van der Waals surface area contributed by atoms with Gasteiger partial charge in [0.05, 0.1) is 24.4 Å². The van der Waals surface area contributed by atoms with E-state index in [4.69, 9.17) is 14.7 Å². The molecule has 164 valence electrons. The molecule has 0 saturated heterocycles. The van der Waals surface area contributed by atoms with Gasteiger partial charge in [-0.3, -0.25) is 0 Å². The second-order valence-electron chi connectivity index (χ2n) is 6.48. The largest absolute Gasteiger partial charge is 0.485 e. The van der Waals surface area contributed by atoms with Crippen molar-refractivity contribution in [1.29, 1.82) is 0 Å². The minimum Gasteiger partial charge on any atom is -0.485 e. The Balaban J connectivity index is 1.49. The van der Waals surface area contributed by atoms with Crippen LogP contribution in [-0.2, 0) is 30.8 Å². The number of nitrogens with zero attached hydrogens (tertiary/aromatic N) is 5. The van der Waals surface area contributed by atoms with Gasteiger partial charge in [0, 0.05) is 0 Å². The average molecular weight is 435 g/mol. The number of hydrogen-bond acceptors (Lipinski definition) is 7. The number of aromatic nitrogens is 4. The Morgan fingerprint density at radius 2 is 1.77 bits per heavy atom. The van der Waals surface area contributed by atoms with Gasteiger partial charge in [-0.15, -0.1) is 10.2 Å². The lowest BCUT2D eigenvalue weighted by Crippen LogP contribution is -2.06. The van der Waals surface area contributed by atoms with Gasteiger partial charge in [0.25, 0.3) is 0 Å². The molecule has 0 saturated carbocycles. The van der Waals surface area contributed by atoms with E-state index in [1.165, 1.54) is 16.9 Å². The second kappa shape index (κ2) is 10.0. The summed E-state index contributed by atoms with van der Waals surface area (Å²) in [6.45, 7) is 2.13. The van der Waals surface area contributed by atoms with Crippen LogP contribution in [0.15, 0.2) is 53.7 Å². The maximum atomic E-state index is 12.6. The predicted molar refractivity (Wildman–Crippen MR) is 104 cm³/mol. The molecule has 31 heavy (non-hydrogen) atoms. The molecule has 0 aliphatic rings. The molecule has 11 heteroatoms. The molecule has 2 aromatic carbocycles. The van der Waals surface area contributed by atoms with Crippen molar-refractivity contribution in [2.45, 2.75) is 32.9 Å². The number of hydrogen-bond donors (Lipinski definition) is 1. The highest BCUT2D eigenvalue weighted by atomic mass is 19.4. The first-order valence-corrected chi connectivity index (χ1v) is 9.28. The third kappa shape index (κ3) is 6.51. The lowest BCUT2D eigenvalue weighted by molar-refractivity contribution is -0.137. The van der Waals surface area contributed by atoms with Crippen LogP contribution in [0.5, 0.6) is 5.75 Å². The Morgan fingerprint density at radius 3 is 2.42 bits per heavy atom. The maximum absolute atomic E-state index is 12.6. The Bertz CT molecular complexity index is 1000. The van der Waals surface area contributed by atoms with E-state index < -0.39 is 11.7 Å². The molecule has 1 aromatic heterocycles. The summed E-state index contributed by atoms with van der Waals surface area (Å²) >= 11 is 0. The number of oxime groups is 1. The first-order chi connectivity index (χ1) is 14.8. The van der Waals surface area contributed by atoms with Crippen molar-refractivity contribution >= 4 is 5.71 Å². The molecule has 0 amide bonds. The molecule has 0 radical (unpaired) electrons. The highest BCUT2D eigenvalue weighted by Crippen LogP contribution is 2.29. The molecular formula is C20H20F3N5O3. The van der Waals surface area contributed by atoms with E-state index in [1.807, 2.05) is 0 Å². The fraction of sp³-hybridized carbons (Fsp3) is 0.300. The van der Waals surface area contributed by atoms with Crippen LogP contribution >= 0.6 is 0 Å². The molecule has 0 unspecified atom stereocenters. The highest BCUT2D eigenvalue weighted by molar-refractivity contribution is 5.98. The number of halogens is 3. The van der Waals surface area contributed by atoms with Crippen molar-refractivity contribution in [2.75, 3.05) is 6.61 Å². The third-order valence-electron chi connectivity index (χ3n) is 4.15. The lowest BCUT2D eigenvalue weighted by atomic mass is 10.1. The Labute approximate surface area is 175 Å². The molecule has 3 rings (SSSR count). The van der Waals surface area contributed by atoms with E-state index in [9.17, 15) is 13.2 Å². The zero-order chi connectivity index (χ0) is 22.3. The van der Waals surface area contributed by atoms with Crippen LogP contribution in [0.4, 0.5) is 13.2 Å². The first-order valence-electron chi connectivity index (χ1n) is 9.28. The van der Waals surface area contributed by atoms with Crippen LogP contribution in [0, 0.1) is 0 Å². The highest BCUT2D eigenvalue weighted by Gasteiger charge is 2.29. The van der Waals surface area contributed by atoms with Crippen LogP contribution in [0.2, 0.25) is 0 Å². The van der Waals surface area contributed by atoms with Gasteiger partial charge in [-0.2, -0.15) is 18.0 Å². The van der Waals surface area contributed by atoms with Gasteiger partial charge < -0.3 is 14.7 Å². The van der Waals surface area contributed by atoms with E-state index in [0.717, 1.165) is 17.7 Å².